The minimum Gasteiger partial charge on any atom is -0.378 e. The molecule has 1 aromatic heterocycles. The summed E-state index contributed by atoms with van der Waals surface area (Å²) in [6.45, 7) is 0.608. The molecule has 0 aliphatic heterocycles. The van der Waals surface area contributed by atoms with Gasteiger partial charge in [0.05, 0.1) is 6.04 Å². The normalized spacial score (nSPS) is 11.7. The van der Waals surface area contributed by atoms with Crippen LogP contribution in [0, 0.1) is 0 Å². The lowest BCUT2D eigenvalue weighted by Crippen LogP contribution is -2.42. The lowest BCUT2D eigenvalue weighted by molar-refractivity contribution is -0.139. The van der Waals surface area contributed by atoms with Crippen LogP contribution >= 0.6 is 0 Å². The van der Waals surface area contributed by atoms with Gasteiger partial charge in [-0.3, -0.25) is 14.6 Å². The molecule has 2 aromatic rings. The van der Waals surface area contributed by atoms with Crippen molar-refractivity contribution < 1.29 is 9.59 Å². The summed E-state index contributed by atoms with van der Waals surface area (Å²) < 4.78 is 0. The second-order valence-corrected chi connectivity index (χ2v) is 6.72. The number of nitrogens with one attached hydrogen (secondary N) is 2. The number of hydrogen-bond donors (Lipinski definition) is 2. The molecule has 0 aliphatic rings. The number of nitrogens with zero attached hydrogens (tertiary/aromatic N) is 3. The molecule has 1 heterocycles. The fraction of sp³-hybridized carbons (Fsp3) is 0.350. The van der Waals surface area contributed by atoms with E-state index in [9.17, 15) is 9.59 Å². The van der Waals surface area contributed by atoms with E-state index in [0.717, 1.165) is 16.8 Å². The topological polar surface area (TPSA) is 77.6 Å². The van der Waals surface area contributed by atoms with Crippen LogP contribution in [0.5, 0.6) is 0 Å². The largest absolute Gasteiger partial charge is 0.378 e. The molecule has 144 valence electrons. The van der Waals surface area contributed by atoms with E-state index in [-0.39, 0.29) is 12.6 Å². The Balaban J connectivity index is 1.90. The minimum atomic E-state index is -0.653. The minimum absolute atomic E-state index is 0.0312. The molecule has 2 rings (SSSR count). The van der Waals surface area contributed by atoms with Gasteiger partial charge in [0.2, 0.25) is 0 Å². The van der Waals surface area contributed by atoms with E-state index in [2.05, 4.69) is 15.6 Å². The Hall–Kier alpha value is -2.93. The van der Waals surface area contributed by atoms with Crippen molar-refractivity contribution in [3.63, 3.8) is 0 Å². The van der Waals surface area contributed by atoms with Crippen LogP contribution in [0.15, 0.2) is 48.8 Å². The van der Waals surface area contributed by atoms with Crippen molar-refractivity contribution in [3.8, 4) is 0 Å². The number of pyridine rings is 1. The first-order valence-electron chi connectivity index (χ1n) is 8.77. The molecule has 7 nitrogen and oxygen atoms in total. The summed E-state index contributed by atoms with van der Waals surface area (Å²) in [5.74, 6) is -1.30. The third-order valence-electron chi connectivity index (χ3n) is 4.26. The summed E-state index contributed by atoms with van der Waals surface area (Å²) in [5, 5.41) is 5.32. The second-order valence-electron chi connectivity index (χ2n) is 6.72. The zero-order chi connectivity index (χ0) is 19.8. The van der Waals surface area contributed by atoms with Gasteiger partial charge in [-0.05, 0) is 43.4 Å². The number of hydrogen-bond acceptors (Lipinski definition) is 5. The highest BCUT2D eigenvalue weighted by Gasteiger charge is 2.18. The smallest absolute Gasteiger partial charge is 0.309 e. The standard InChI is InChI=1S/C20H27N5O2/c1-24(2)17-9-7-16(8-10-17)18(25(3)4)14-23-20(27)19(26)22-13-15-6-5-11-21-12-15/h5-12,18H,13-14H2,1-4H3,(H,22,26)(H,23,27). The predicted octanol–water partition coefficient (Wildman–Crippen LogP) is 1.18. The van der Waals surface area contributed by atoms with E-state index in [1.807, 2.05) is 68.3 Å². The quantitative estimate of drug-likeness (QED) is 0.717. The van der Waals surface area contributed by atoms with Gasteiger partial charge < -0.3 is 20.4 Å². The van der Waals surface area contributed by atoms with Crippen LogP contribution in [-0.2, 0) is 16.1 Å². The van der Waals surface area contributed by atoms with Crippen LogP contribution in [0.25, 0.3) is 0 Å². The monoisotopic (exact) mass is 369 g/mol. The van der Waals surface area contributed by atoms with Crippen molar-refractivity contribution in [1.29, 1.82) is 0 Å². The van der Waals surface area contributed by atoms with Gasteiger partial charge in [0.15, 0.2) is 0 Å². The molecule has 0 saturated heterocycles. The van der Waals surface area contributed by atoms with Crippen LogP contribution in [-0.4, -0.2) is 56.4 Å². The van der Waals surface area contributed by atoms with Crippen molar-refractivity contribution in [3.05, 3.63) is 59.9 Å². The SMILES string of the molecule is CN(C)c1ccc(C(CNC(=O)C(=O)NCc2cccnc2)N(C)C)cc1. The van der Waals surface area contributed by atoms with Crippen LogP contribution in [0.1, 0.15) is 17.2 Å². The Morgan fingerprint density at radius 3 is 2.22 bits per heavy atom. The maximum absolute atomic E-state index is 12.1. The molecule has 2 amide bonds. The van der Waals surface area contributed by atoms with E-state index >= 15 is 0 Å². The van der Waals surface area contributed by atoms with Gasteiger partial charge in [-0.2, -0.15) is 0 Å². The summed E-state index contributed by atoms with van der Waals surface area (Å²) in [7, 11) is 7.86. The van der Waals surface area contributed by atoms with E-state index < -0.39 is 11.8 Å². The Morgan fingerprint density at radius 1 is 1.00 bits per heavy atom. The van der Waals surface area contributed by atoms with E-state index in [1.165, 1.54) is 0 Å². The van der Waals surface area contributed by atoms with Crippen molar-refractivity contribution in [2.24, 2.45) is 0 Å². The van der Waals surface area contributed by atoms with Gasteiger partial charge in [-0.1, -0.05) is 18.2 Å². The molecule has 1 atom stereocenters. The molecule has 1 aromatic carbocycles. The number of carbonyl (C=O) groups is 2. The van der Waals surface area contributed by atoms with Crippen molar-refractivity contribution >= 4 is 17.5 Å². The number of amides is 2. The van der Waals surface area contributed by atoms with Crippen LogP contribution in [0.4, 0.5) is 5.69 Å². The van der Waals surface area contributed by atoms with E-state index in [4.69, 9.17) is 0 Å². The maximum atomic E-state index is 12.1. The van der Waals surface area contributed by atoms with Crippen molar-refractivity contribution in [2.75, 3.05) is 39.6 Å². The van der Waals surface area contributed by atoms with Crippen LogP contribution < -0.4 is 15.5 Å². The van der Waals surface area contributed by atoms with Crippen molar-refractivity contribution in [2.45, 2.75) is 12.6 Å². The molecule has 27 heavy (non-hydrogen) atoms. The summed E-state index contributed by atoms with van der Waals surface area (Å²) in [6.07, 6.45) is 3.31. The first-order chi connectivity index (χ1) is 12.9. The Bertz CT molecular complexity index is 745. The number of anilines is 1. The Kier molecular flexibility index (Phi) is 7.31. The molecule has 7 heteroatoms. The summed E-state index contributed by atoms with van der Waals surface area (Å²) in [5.41, 5.74) is 3.02. The third-order valence-corrected chi connectivity index (χ3v) is 4.26. The average Bonchev–Trinajstić information content (AvgIpc) is 2.67. The zero-order valence-corrected chi connectivity index (χ0v) is 16.3. The van der Waals surface area contributed by atoms with E-state index in [1.54, 1.807) is 18.5 Å². The highest BCUT2D eigenvalue weighted by atomic mass is 16.2. The van der Waals surface area contributed by atoms with Gasteiger partial charge in [0, 0.05) is 45.3 Å². The molecule has 2 N–H and O–H groups in total. The van der Waals surface area contributed by atoms with Crippen LogP contribution in [0.2, 0.25) is 0 Å². The molecule has 1 unspecified atom stereocenters. The Labute approximate surface area is 160 Å². The highest BCUT2D eigenvalue weighted by Crippen LogP contribution is 2.20. The highest BCUT2D eigenvalue weighted by molar-refractivity contribution is 6.35. The van der Waals surface area contributed by atoms with E-state index in [0.29, 0.717) is 6.54 Å². The molecule has 0 spiro atoms. The predicted molar refractivity (Wildman–Crippen MR) is 106 cm³/mol. The molecule has 0 fully saturated rings. The van der Waals surface area contributed by atoms with Crippen molar-refractivity contribution in [1.82, 2.24) is 20.5 Å². The third kappa shape index (κ3) is 6.07. The number of likely N-dealkylation sites (N-methyl/N-ethyl adjacent to an activating group) is 1. The number of rotatable bonds is 7. The van der Waals surface area contributed by atoms with Gasteiger partial charge >= 0.3 is 11.8 Å². The zero-order valence-electron chi connectivity index (χ0n) is 16.3. The molecule has 0 saturated carbocycles. The number of benzene rings is 1. The fourth-order valence-corrected chi connectivity index (χ4v) is 2.63. The van der Waals surface area contributed by atoms with Gasteiger partial charge in [0.25, 0.3) is 0 Å². The Morgan fingerprint density at radius 2 is 1.67 bits per heavy atom. The summed E-state index contributed by atoms with van der Waals surface area (Å²) in [4.78, 5) is 32.1. The molecule has 0 aliphatic carbocycles. The van der Waals surface area contributed by atoms with Crippen LogP contribution in [0.3, 0.4) is 0 Å². The first kappa shape index (κ1) is 20.4. The fourth-order valence-electron chi connectivity index (χ4n) is 2.63. The van der Waals surface area contributed by atoms with Gasteiger partial charge in [-0.25, -0.2) is 0 Å². The lowest BCUT2D eigenvalue weighted by atomic mass is 10.1. The lowest BCUT2D eigenvalue weighted by Gasteiger charge is -2.25. The molecule has 0 radical (unpaired) electrons. The molecule has 0 bridgehead atoms. The first-order valence-corrected chi connectivity index (χ1v) is 8.77. The number of carbonyl (C=O) groups excluding carboxylic acids is 2. The summed E-state index contributed by atoms with van der Waals surface area (Å²) in [6, 6.07) is 11.7. The average molecular weight is 369 g/mol. The summed E-state index contributed by atoms with van der Waals surface area (Å²) >= 11 is 0. The molecular weight excluding hydrogens is 342 g/mol. The second kappa shape index (κ2) is 9.68. The number of aromatic nitrogens is 1. The molecular formula is C20H27N5O2. The maximum Gasteiger partial charge on any atom is 0.309 e. The van der Waals surface area contributed by atoms with Gasteiger partial charge in [-0.15, -0.1) is 0 Å². The van der Waals surface area contributed by atoms with Gasteiger partial charge in [0.1, 0.15) is 0 Å².